The third-order valence-electron chi connectivity index (χ3n) is 3.12. The molecule has 21 heavy (non-hydrogen) atoms. The number of halogens is 2. The van der Waals surface area contributed by atoms with E-state index in [1.165, 1.54) is 19.2 Å². The van der Waals surface area contributed by atoms with Gasteiger partial charge < -0.3 is 10.1 Å². The maximum atomic E-state index is 12.9. The molecule has 0 heterocycles. The van der Waals surface area contributed by atoms with Crippen molar-refractivity contribution in [3.05, 3.63) is 64.4 Å². The number of benzene rings is 2. The monoisotopic (exact) mass is 307 g/mol. The van der Waals surface area contributed by atoms with E-state index in [1.54, 1.807) is 30.3 Å². The van der Waals surface area contributed by atoms with Gasteiger partial charge in [0, 0.05) is 5.02 Å². The van der Waals surface area contributed by atoms with Crippen molar-refractivity contribution in [2.45, 2.75) is 13.0 Å². The van der Waals surface area contributed by atoms with Crippen LogP contribution in [0.5, 0.6) is 5.75 Å². The highest BCUT2D eigenvalue weighted by molar-refractivity contribution is 6.31. The Kier molecular flexibility index (Phi) is 4.81. The Morgan fingerprint density at radius 2 is 1.90 bits per heavy atom. The minimum absolute atomic E-state index is 0.262. The molecule has 1 amide bonds. The predicted octanol–water partition coefficient (Wildman–Crippen LogP) is 3.98. The first-order valence-electron chi connectivity index (χ1n) is 6.41. The lowest BCUT2D eigenvalue weighted by molar-refractivity contribution is 0.0937. The average molecular weight is 308 g/mol. The maximum Gasteiger partial charge on any atom is 0.255 e. The Labute approximate surface area is 127 Å². The van der Waals surface area contributed by atoms with Crippen LogP contribution in [0.15, 0.2) is 42.5 Å². The highest BCUT2D eigenvalue weighted by Gasteiger charge is 2.16. The Bertz CT molecular complexity index is 643. The van der Waals surface area contributed by atoms with Crippen LogP contribution in [0.3, 0.4) is 0 Å². The van der Waals surface area contributed by atoms with Crippen molar-refractivity contribution in [3.63, 3.8) is 0 Å². The summed E-state index contributed by atoms with van der Waals surface area (Å²) in [6, 6.07) is 10.6. The summed E-state index contributed by atoms with van der Waals surface area (Å²) in [4.78, 5) is 12.3. The van der Waals surface area contributed by atoms with Crippen LogP contribution in [0.1, 0.15) is 28.9 Å². The molecule has 0 aliphatic heterocycles. The van der Waals surface area contributed by atoms with Gasteiger partial charge >= 0.3 is 0 Å². The van der Waals surface area contributed by atoms with E-state index in [9.17, 15) is 9.18 Å². The summed E-state index contributed by atoms with van der Waals surface area (Å²) in [5, 5.41) is 3.29. The second-order valence-electron chi connectivity index (χ2n) is 4.59. The van der Waals surface area contributed by atoms with Gasteiger partial charge in [-0.1, -0.05) is 23.7 Å². The van der Waals surface area contributed by atoms with Crippen molar-refractivity contribution in [2.75, 3.05) is 7.11 Å². The molecule has 2 rings (SSSR count). The van der Waals surface area contributed by atoms with Crippen LogP contribution in [0, 0.1) is 5.82 Å². The largest absolute Gasteiger partial charge is 0.496 e. The normalized spacial score (nSPS) is 11.8. The molecule has 0 spiro atoms. The lowest BCUT2D eigenvalue weighted by Crippen LogP contribution is -2.27. The summed E-state index contributed by atoms with van der Waals surface area (Å²) in [7, 11) is 1.49. The molecule has 1 atom stereocenters. The van der Waals surface area contributed by atoms with Crippen molar-refractivity contribution in [1.82, 2.24) is 5.32 Å². The van der Waals surface area contributed by atoms with Gasteiger partial charge in [-0.2, -0.15) is 0 Å². The standard InChI is InChI=1S/C16H15ClFNO2/c1-10(11-3-6-13(18)7-4-11)19-16(20)14-9-12(17)5-8-15(14)21-2/h3-10H,1-2H3,(H,19,20). The third-order valence-corrected chi connectivity index (χ3v) is 3.36. The van der Waals surface area contributed by atoms with E-state index >= 15 is 0 Å². The van der Waals surface area contributed by atoms with Crippen LogP contribution in [-0.2, 0) is 0 Å². The van der Waals surface area contributed by atoms with Crippen LogP contribution >= 0.6 is 11.6 Å². The smallest absolute Gasteiger partial charge is 0.255 e. The SMILES string of the molecule is COc1ccc(Cl)cc1C(=O)NC(C)c1ccc(F)cc1. The molecule has 2 aromatic carbocycles. The van der Waals surface area contributed by atoms with Crippen LogP contribution in [0.4, 0.5) is 4.39 Å². The van der Waals surface area contributed by atoms with Gasteiger partial charge in [0.1, 0.15) is 11.6 Å². The van der Waals surface area contributed by atoms with E-state index in [-0.39, 0.29) is 17.8 Å². The molecular formula is C16H15ClFNO2. The number of hydrogen-bond acceptors (Lipinski definition) is 2. The van der Waals surface area contributed by atoms with Crippen LogP contribution < -0.4 is 10.1 Å². The molecule has 0 aromatic heterocycles. The zero-order chi connectivity index (χ0) is 15.4. The highest BCUT2D eigenvalue weighted by atomic mass is 35.5. The van der Waals surface area contributed by atoms with Crippen molar-refractivity contribution in [1.29, 1.82) is 0 Å². The number of rotatable bonds is 4. The fourth-order valence-corrected chi connectivity index (χ4v) is 2.14. The first-order valence-corrected chi connectivity index (χ1v) is 6.79. The summed E-state index contributed by atoms with van der Waals surface area (Å²) in [5.41, 5.74) is 1.17. The van der Waals surface area contributed by atoms with Gasteiger partial charge in [-0.25, -0.2) is 4.39 Å². The van der Waals surface area contributed by atoms with E-state index in [0.717, 1.165) is 5.56 Å². The zero-order valence-electron chi connectivity index (χ0n) is 11.7. The van der Waals surface area contributed by atoms with Crippen molar-refractivity contribution in [2.24, 2.45) is 0 Å². The molecule has 0 aliphatic rings. The van der Waals surface area contributed by atoms with Crippen LogP contribution in [0.2, 0.25) is 5.02 Å². The van der Waals surface area contributed by atoms with E-state index in [4.69, 9.17) is 16.3 Å². The van der Waals surface area contributed by atoms with Crippen molar-refractivity contribution < 1.29 is 13.9 Å². The second kappa shape index (κ2) is 6.59. The van der Waals surface area contributed by atoms with Gasteiger partial charge in [0.25, 0.3) is 5.91 Å². The van der Waals surface area contributed by atoms with Gasteiger partial charge in [0.15, 0.2) is 0 Å². The topological polar surface area (TPSA) is 38.3 Å². The molecule has 0 bridgehead atoms. The molecule has 1 unspecified atom stereocenters. The maximum absolute atomic E-state index is 12.9. The lowest BCUT2D eigenvalue weighted by atomic mass is 10.1. The number of nitrogens with one attached hydrogen (secondary N) is 1. The Morgan fingerprint density at radius 3 is 2.52 bits per heavy atom. The number of carbonyl (C=O) groups is 1. The number of hydrogen-bond donors (Lipinski definition) is 1. The molecule has 3 nitrogen and oxygen atoms in total. The molecular weight excluding hydrogens is 293 g/mol. The second-order valence-corrected chi connectivity index (χ2v) is 5.03. The zero-order valence-corrected chi connectivity index (χ0v) is 12.4. The molecule has 0 saturated carbocycles. The number of carbonyl (C=O) groups excluding carboxylic acids is 1. The fraction of sp³-hybridized carbons (Fsp3) is 0.188. The quantitative estimate of drug-likeness (QED) is 0.928. The minimum Gasteiger partial charge on any atom is -0.496 e. The van der Waals surface area contributed by atoms with E-state index in [0.29, 0.717) is 16.3 Å². The number of methoxy groups -OCH3 is 1. The molecule has 0 fully saturated rings. The molecule has 1 N–H and O–H groups in total. The number of ether oxygens (including phenoxy) is 1. The summed E-state index contributed by atoms with van der Waals surface area (Å²) in [5.74, 6) is -0.164. The van der Waals surface area contributed by atoms with Crippen molar-refractivity contribution in [3.8, 4) is 5.75 Å². The lowest BCUT2D eigenvalue weighted by Gasteiger charge is -2.16. The third kappa shape index (κ3) is 3.73. The van der Waals surface area contributed by atoms with Gasteiger partial charge in [-0.15, -0.1) is 0 Å². The predicted molar refractivity (Wildman–Crippen MR) is 80.3 cm³/mol. The molecule has 0 aliphatic carbocycles. The number of amides is 1. The highest BCUT2D eigenvalue weighted by Crippen LogP contribution is 2.23. The average Bonchev–Trinajstić information content (AvgIpc) is 2.47. The molecule has 110 valence electrons. The van der Waals surface area contributed by atoms with E-state index in [1.807, 2.05) is 6.92 Å². The Balaban J connectivity index is 2.17. The first kappa shape index (κ1) is 15.3. The molecule has 0 saturated heterocycles. The van der Waals surface area contributed by atoms with Gasteiger partial charge in [0.2, 0.25) is 0 Å². The van der Waals surface area contributed by atoms with E-state index in [2.05, 4.69) is 5.32 Å². The summed E-state index contributed by atoms with van der Waals surface area (Å²) < 4.78 is 18.1. The summed E-state index contributed by atoms with van der Waals surface area (Å²) in [6.45, 7) is 1.82. The first-order chi connectivity index (χ1) is 10.0. The summed E-state index contributed by atoms with van der Waals surface area (Å²) >= 11 is 5.91. The van der Waals surface area contributed by atoms with E-state index < -0.39 is 0 Å². The van der Waals surface area contributed by atoms with Gasteiger partial charge in [-0.3, -0.25) is 4.79 Å². The molecule has 5 heteroatoms. The fourth-order valence-electron chi connectivity index (χ4n) is 1.97. The molecule has 2 aromatic rings. The van der Waals surface area contributed by atoms with Gasteiger partial charge in [-0.05, 0) is 42.8 Å². The van der Waals surface area contributed by atoms with Crippen LogP contribution in [-0.4, -0.2) is 13.0 Å². The van der Waals surface area contributed by atoms with Gasteiger partial charge in [0.05, 0.1) is 18.7 Å². The Hall–Kier alpha value is -2.07. The minimum atomic E-state index is -0.311. The van der Waals surface area contributed by atoms with Crippen LogP contribution in [0.25, 0.3) is 0 Å². The van der Waals surface area contributed by atoms with Crippen molar-refractivity contribution >= 4 is 17.5 Å². The molecule has 0 radical (unpaired) electrons. The summed E-state index contributed by atoms with van der Waals surface area (Å²) in [6.07, 6.45) is 0. The Morgan fingerprint density at radius 1 is 1.24 bits per heavy atom.